The van der Waals surface area contributed by atoms with Gasteiger partial charge in [0, 0.05) is 11.1 Å². The fourth-order valence-electron chi connectivity index (χ4n) is 3.21. The molecular weight excluding hydrogens is 348 g/mol. The highest BCUT2D eigenvalue weighted by molar-refractivity contribution is 5.94. The van der Waals surface area contributed by atoms with Crippen molar-refractivity contribution in [2.45, 2.75) is 51.0 Å². The number of rotatable bonds is 7. The van der Waals surface area contributed by atoms with Gasteiger partial charge in [-0.3, -0.25) is 14.4 Å². The summed E-state index contributed by atoms with van der Waals surface area (Å²) in [7, 11) is 1.47. The minimum Gasteiger partial charge on any atom is -0.496 e. The van der Waals surface area contributed by atoms with Gasteiger partial charge in [0.1, 0.15) is 11.3 Å². The number of esters is 1. The molecule has 1 aliphatic rings. The second kappa shape index (κ2) is 9.17. The fourth-order valence-corrected chi connectivity index (χ4v) is 3.21. The molecule has 1 fully saturated rings. The molecule has 2 rings (SSSR count). The zero-order chi connectivity index (χ0) is 19.9. The number of carbonyl (C=O) groups is 3. The summed E-state index contributed by atoms with van der Waals surface area (Å²) < 4.78 is 10.2. The SMILES string of the molecule is COc1ccc(C(C)=O)cc1CC(=O)OCC(=O)NC1(C#N)CCCCC1. The number of benzene rings is 1. The predicted molar refractivity (Wildman–Crippen MR) is 97.2 cm³/mol. The molecule has 1 aromatic carbocycles. The monoisotopic (exact) mass is 372 g/mol. The minimum atomic E-state index is -0.860. The summed E-state index contributed by atoms with van der Waals surface area (Å²) in [4.78, 5) is 35.7. The molecule has 0 unspecified atom stereocenters. The van der Waals surface area contributed by atoms with Crippen LogP contribution in [0.2, 0.25) is 0 Å². The predicted octanol–water partition coefficient (Wildman–Crippen LogP) is 2.33. The third-order valence-corrected chi connectivity index (χ3v) is 4.69. The first-order valence-corrected chi connectivity index (χ1v) is 8.95. The topological polar surface area (TPSA) is 105 Å². The number of hydrogen-bond acceptors (Lipinski definition) is 6. The highest BCUT2D eigenvalue weighted by Crippen LogP contribution is 2.27. The number of ether oxygens (including phenoxy) is 2. The smallest absolute Gasteiger partial charge is 0.310 e. The Labute approximate surface area is 158 Å². The largest absolute Gasteiger partial charge is 0.496 e. The molecule has 0 saturated heterocycles. The van der Waals surface area contributed by atoms with Gasteiger partial charge in [0.2, 0.25) is 0 Å². The van der Waals surface area contributed by atoms with Gasteiger partial charge < -0.3 is 14.8 Å². The number of carbonyl (C=O) groups excluding carboxylic acids is 3. The zero-order valence-corrected chi connectivity index (χ0v) is 15.7. The highest BCUT2D eigenvalue weighted by Gasteiger charge is 2.33. The van der Waals surface area contributed by atoms with Crippen molar-refractivity contribution in [3.63, 3.8) is 0 Å². The second-order valence-electron chi connectivity index (χ2n) is 6.72. The number of amides is 1. The molecule has 0 atom stereocenters. The average molecular weight is 372 g/mol. The summed E-state index contributed by atoms with van der Waals surface area (Å²) in [5.41, 5.74) is 0.113. The van der Waals surface area contributed by atoms with Crippen LogP contribution in [0.1, 0.15) is 54.9 Å². The van der Waals surface area contributed by atoms with Crippen molar-refractivity contribution >= 4 is 17.7 Å². The van der Waals surface area contributed by atoms with Crippen molar-refractivity contribution in [1.82, 2.24) is 5.32 Å². The van der Waals surface area contributed by atoms with E-state index in [1.165, 1.54) is 14.0 Å². The van der Waals surface area contributed by atoms with Crippen LogP contribution >= 0.6 is 0 Å². The maximum atomic E-state index is 12.1. The quantitative estimate of drug-likeness (QED) is 0.582. The van der Waals surface area contributed by atoms with Crippen LogP contribution in [0.4, 0.5) is 0 Å². The molecule has 0 spiro atoms. The van der Waals surface area contributed by atoms with Gasteiger partial charge in [0.15, 0.2) is 12.4 Å². The van der Waals surface area contributed by atoms with Crippen LogP contribution in [0.3, 0.4) is 0 Å². The molecule has 1 aromatic rings. The van der Waals surface area contributed by atoms with Crippen molar-refractivity contribution in [2.75, 3.05) is 13.7 Å². The van der Waals surface area contributed by atoms with Gasteiger partial charge >= 0.3 is 5.97 Å². The van der Waals surface area contributed by atoms with E-state index in [1.54, 1.807) is 18.2 Å². The van der Waals surface area contributed by atoms with Gasteiger partial charge in [-0.15, -0.1) is 0 Å². The lowest BCUT2D eigenvalue weighted by Crippen LogP contribution is -2.50. The van der Waals surface area contributed by atoms with Crippen LogP contribution < -0.4 is 10.1 Å². The van der Waals surface area contributed by atoms with Crippen LogP contribution in [0.5, 0.6) is 5.75 Å². The molecule has 0 radical (unpaired) electrons. The molecule has 27 heavy (non-hydrogen) atoms. The summed E-state index contributed by atoms with van der Waals surface area (Å²) in [5, 5.41) is 12.1. The Balaban J connectivity index is 1.92. The van der Waals surface area contributed by atoms with Crippen LogP contribution in [0.15, 0.2) is 18.2 Å². The summed E-state index contributed by atoms with van der Waals surface area (Å²) in [6, 6.07) is 7.00. The van der Waals surface area contributed by atoms with Crippen LogP contribution in [0, 0.1) is 11.3 Å². The zero-order valence-electron chi connectivity index (χ0n) is 15.7. The Kier molecular flexibility index (Phi) is 6.94. The van der Waals surface area contributed by atoms with E-state index < -0.39 is 24.0 Å². The lowest BCUT2D eigenvalue weighted by Gasteiger charge is -2.31. The van der Waals surface area contributed by atoms with Crippen molar-refractivity contribution in [1.29, 1.82) is 5.26 Å². The Morgan fingerprint density at radius 1 is 1.22 bits per heavy atom. The summed E-state index contributed by atoms with van der Waals surface area (Å²) in [6.07, 6.45) is 3.92. The molecule has 0 heterocycles. The maximum Gasteiger partial charge on any atom is 0.310 e. The van der Waals surface area contributed by atoms with E-state index in [9.17, 15) is 19.6 Å². The first-order chi connectivity index (χ1) is 12.9. The average Bonchev–Trinajstić information content (AvgIpc) is 2.67. The number of ketones is 1. The van der Waals surface area contributed by atoms with Crippen molar-refractivity contribution < 1.29 is 23.9 Å². The minimum absolute atomic E-state index is 0.124. The van der Waals surface area contributed by atoms with Gasteiger partial charge in [-0.25, -0.2) is 0 Å². The second-order valence-corrected chi connectivity index (χ2v) is 6.72. The normalized spacial score (nSPS) is 15.3. The van der Waals surface area contributed by atoms with E-state index >= 15 is 0 Å². The van der Waals surface area contributed by atoms with E-state index in [1.807, 2.05) is 0 Å². The van der Waals surface area contributed by atoms with Gasteiger partial charge in [-0.05, 0) is 38.0 Å². The Morgan fingerprint density at radius 2 is 1.93 bits per heavy atom. The lowest BCUT2D eigenvalue weighted by molar-refractivity contribution is -0.148. The first kappa shape index (κ1) is 20.4. The Bertz CT molecular complexity index is 760. The number of Topliss-reactive ketones (excluding diaryl/α,β-unsaturated/α-hetero) is 1. The molecular formula is C20H24N2O5. The summed E-state index contributed by atoms with van der Waals surface area (Å²) >= 11 is 0. The summed E-state index contributed by atoms with van der Waals surface area (Å²) in [6.45, 7) is 0.988. The van der Waals surface area contributed by atoms with E-state index in [0.717, 1.165) is 19.3 Å². The molecule has 1 amide bonds. The molecule has 7 nitrogen and oxygen atoms in total. The molecule has 1 saturated carbocycles. The van der Waals surface area contributed by atoms with Crippen molar-refractivity contribution in [3.05, 3.63) is 29.3 Å². The third kappa shape index (κ3) is 5.55. The van der Waals surface area contributed by atoms with Crippen molar-refractivity contribution in [3.8, 4) is 11.8 Å². The highest BCUT2D eigenvalue weighted by atomic mass is 16.5. The number of nitrogens with one attached hydrogen (secondary N) is 1. The Hall–Kier alpha value is -2.88. The van der Waals surface area contributed by atoms with E-state index in [4.69, 9.17) is 9.47 Å². The molecule has 7 heteroatoms. The number of hydrogen-bond donors (Lipinski definition) is 1. The van der Waals surface area contributed by atoms with Crippen LogP contribution in [-0.4, -0.2) is 36.9 Å². The number of methoxy groups -OCH3 is 1. The van der Waals surface area contributed by atoms with Crippen molar-refractivity contribution in [2.24, 2.45) is 0 Å². The molecule has 0 aliphatic heterocycles. The molecule has 1 N–H and O–H groups in total. The number of nitrogens with zero attached hydrogens (tertiary/aromatic N) is 1. The standard InChI is InChI=1S/C20H24N2O5/c1-14(23)15-6-7-17(26-2)16(10-15)11-19(25)27-12-18(24)22-20(13-21)8-4-3-5-9-20/h6-7,10H,3-5,8-9,11-12H2,1-2H3,(H,22,24). The first-order valence-electron chi connectivity index (χ1n) is 8.95. The molecule has 0 bridgehead atoms. The molecule has 1 aliphatic carbocycles. The van der Waals surface area contributed by atoms with E-state index in [0.29, 0.717) is 29.7 Å². The Morgan fingerprint density at radius 3 is 2.52 bits per heavy atom. The lowest BCUT2D eigenvalue weighted by atomic mass is 9.83. The van der Waals surface area contributed by atoms with E-state index in [-0.39, 0.29) is 12.2 Å². The van der Waals surface area contributed by atoms with Gasteiger partial charge in [0.25, 0.3) is 5.91 Å². The summed E-state index contributed by atoms with van der Waals surface area (Å²) in [5.74, 6) is -0.761. The van der Waals surface area contributed by atoms with Crippen LogP contribution in [-0.2, 0) is 20.7 Å². The molecule has 0 aromatic heterocycles. The van der Waals surface area contributed by atoms with E-state index in [2.05, 4.69) is 11.4 Å². The number of nitriles is 1. The maximum absolute atomic E-state index is 12.1. The fraction of sp³-hybridized carbons (Fsp3) is 0.500. The van der Waals surface area contributed by atoms with Gasteiger partial charge in [-0.2, -0.15) is 5.26 Å². The van der Waals surface area contributed by atoms with Gasteiger partial charge in [0.05, 0.1) is 19.6 Å². The van der Waals surface area contributed by atoms with Crippen LogP contribution in [0.25, 0.3) is 0 Å². The van der Waals surface area contributed by atoms with Gasteiger partial charge in [-0.1, -0.05) is 19.3 Å². The third-order valence-electron chi connectivity index (χ3n) is 4.69. The molecule has 144 valence electrons.